The van der Waals surface area contributed by atoms with Gasteiger partial charge in [0.05, 0.1) is 22.2 Å². The minimum absolute atomic E-state index is 0.0324. The maximum absolute atomic E-state index is 14.2. The average Bonchev–Trinajstić information content (AvgIpc) is 3.11. The molecular formula is C16H15BrFN3O3S. The zero-order valence-corrected chi connectivity index (χ0v) is 15.4. The maximum atomic E-state index is 14.2. The van der Waals surface area contributed by atoms with E-state index in [0.717, 1.165) is 4.47 Å². The number of nitrogens with one attached hydrogen (secondary N) is 1. The Morgan fingerprint density at radius 1 is 1.44 bits per heavy atom. The molecule has 1 aromatic heterocycles. The standard InChI is InChI=1S/C16H15BrFN3O3S/c17-12-8-19-21(9-12)15-3-1-11(7-14(15)18)2-4-16(22)20-13-5-6-25(23,24)10-13/h1-4,7-9,13H,5-6,10H2,(H,20,22)/b4-2+. The van der Waals surface area contributed by atoms with Crippen molar-refractivity contribution in [3.8, 4) is 5.69 Å². The largest absolute Gasteiger partial charge is 0.349 e. The number of sulfone groups is 1. The first-order valence-corrected chi connectivity index (χ1v) is 10.1. The minimum Gasteiger partial charge on any atom is -0.349 e. The molecule has 2 aromatic rings. The molecule has 1 amide bonds. The summed E-state index contributed by atoms with van der Waals surface area (Å²) in [5.74, 6) is -0.810. The van der Waals surface area contributed by atoms with Crippen LogP contribution < -0.4 is 5.32 Å². The molecule has 1 aliphatic rings. The Morgan fingerprint density at radius 2 is 2.24 bits per heavy atom. The average molecular weight is 428 g/mol. The van der Waals surface area contributed by atoms with Crippen LogP contribution in [0.3, 0.4) is 0 Å². The fourth-order valence-corrected chi connectivity index (χ4v) is 4.53. The van der Waals surface area contributed by atoms with Crippen molar-refractivity contribution in [2.75, 3.05) is 11.5 Å². The van der Waals surface area contributed by atoms with Gasteiger partial charge in [0.1, 0.15) is 11.5 Å². The molecule has 25 heavy (non-hydrogen) atoms. The summed E-state index contributed by atoms with van der Waals surface area (Å²) in [4.78, 5) is 11.9. The minimum atomic E-state index is -3.04. The fraction of sp³-hybridized carbons (Fsp3) is 0.250. The molecule has 0 spiro atoms. The van der Waals surface area contributed by atoms with Gasteiger partial charge >= 0.3 is 0 Å². The van der Waals surface area contributed by atoms with Crippen LogP contribution in [-0.2, 0) is 14.6 Å². The Bertz CT molecular complexity index is 940. The zero-order valence-electron chi connectivity index (χ0n) is 13.0. The van der Waals surface area contributed by atoms with E-state index in [-0.39, 0.29) is 17.5 Å². The van der Waals surface area contributed by atoms with Crippen LogP contribution in [0, 0.1) is 5.82 Å². The van der Waals surface area contributed by atoms with Gasteiger partial charge in [0.15, 0.2) is 9.84 Å². The molecule has 3 rings (SSSR count). The van der Waals surface area contributed by atoms with E-state index in [9.17, 15) is 17.6 Å². The van der Waals surface area contributed by atoms with Crippen molar-refractivity contribution in [1.29, 1.82) is 0 Å². The van der Waals surface area contributed by atoms with E-state index < -0.39 is 21.6 Å². The smallest absolute Gasteiger partial charge is 0.244 e. The van der Waals surface area contributed by atoms with Gasteiger partial charge in [-0.2, -0.15) is 5.10 Å². The third-order valence-corrected chi connectivity index (χ3v) is 5.95. The highest BCUT2D eigenvalue weighted by Gasteiger charge is 2.28. The van der Waals surface area contributed by atoms with Gasteiger partial charge in [0, 0.05) is 18.3 Å². The van der Waals surface area contributed by atoms with Crippen molar-refractivity contribution >= 4 is 37.8 Å². The lowest BCUT2D eigenvalue weighted by Gasteiger charge is -2.08. The first-order valence-electron chi connectivity index (χ1n) is 7.51. The highest BCUT2D eigenvalue weighted by atomic mass is 79.9. The molecule has 2 heterocycles. The second-order valence-electron chi connectivity index (χ2n) is 5.76. The normalized spacial score (nSPS) is 19.4. The number of hydrogen-bond donors (Lipinski definition) is 1. The number of benzene rings is 1. The van der Waals surface area contributed by atoms with Gasteiger partial charge in [-0.25, -0.2) is 17.5 Å². The number of carbonyl (C=O) groups is 1. The number of amides is 1. The molecule has 1 aromatic carbocycles. The third-order valence-electron chi connectivity index (χ3n) is 3.78. The Morgan fingerprint density at radius 3 is 2.84 bits per heavy atom. The lowest BCUT2D eigenvalue weighted by molar-refractivity contribution is -0.116. The quantitative estimate of drug-likeness (QED) is 0.757. The van der Waals surface area contributed by atoms with Crippen LogP contribution >= 0.6 is 15.9 Å². The molecule has 9 heteroatoms. The van der Waals surface area contributed by atoms with Crippen molar-refractivity contribution in [3.63, 3.8) is 0 Å². The molecule has 0 bridgehead atoms. The summed E-state index contributed by atoms with van der Waals surface area (Å²) in [6.45, 7) is 0. The number of rotatable bonds is 4. The number of halogens is 2. The lowest BCUT2D eigenvalue weighted by Crippen LogP contribution is -2.34. The van der Waals surface area contributed by atoms with Crippen molar-refractivity contribution in [2.45, 2.75) is 12.5 Å². The van der Waals surface area contributed by atoms with E-state index in [1.807, 2.05) is 0 Å². The molecule has 1 unspecified atom stereocenters. The van der Waals surface area contributed by atoms with E-state index in [4.69, 9.17) is 0 Å². The van der Waals surface area contributed by atoms with Gasteiger partial charge in [-0.1, -0.05) is 6.07 Å². The molecule has 132 valence electrons. The number of carbonyl (C=O) groups excluding carboxylic acids is 1. The monoisotopic (exact) mass is 427 g/mol. The van der Waals surface area contributed by atoms with Crippen LogP contribution in [0.15, 0.2) is 41.1 Å². The fourth-order valence-electron chi connectivity index (χ4n) is 2.58. The lowest BCUT2D eigenvalue weighted by atomic mass is 10.1. The van der Waals surface area contributed by atoms with Crippen LogP contribution in [0.5, 0.6) is 0 Å². The Balaban J connectivity index is 1.65. The SMILES string of the molecule is O=C(/C=C/c1ccc(-n2cc(Br)cn2)c(F)c1)NC1CCS(=O)(=O)C1. The second kappa shape index (κ2) is 7.09. The summed E-state index contributed by atoms with van der Waals surface area (Å²) in [6, 6.07) is 4.17. The van der Waals surface area contributed by atoms with Gasteiger partial charge in [-0.3, -0.25) is 4.79 Å². The van der Waals surface area contributed by atoms with Gasteiger partial charge in [-0.05, 0) is 46.1 Å². The molecule has 6 nitrogen and oxygen atoms in total. The predicted molar refractivity (Wildman–Crippen MR) is 95.5 cm³/mol. The predicted octanol–water partition coefficient (Wildman–Crippen LogP) is 2.09. The van der Waals surface area contributed by atoms with Crippen LogP contribution in [0.25, 0.3) is 11.8 Å². The number of nitrogens with zero attached hydrogens (tertiary/aromatic N) is 2. The first-order chi connectivity index (χ1) is 11.8. The molecule has 1 aliphatic heterocycles. The van der Waals surface area contributed by atoms with E-state index in [1.165, 1.54) is 22.9 Å². The van der Waals surface area contributed by atoms with E-state index in [1.54, 1.807) is 24.5 Å². The van der Waals surface area contributed by atoms with Crippen LogP contribution in [0.4, 0.5) is 4.39 Å². The number of aromatic nitrogens is 2. The molecule has 0 saturated carbocycles. The summed E-state index contributed by atoms with van der Waals surface area (Å²) in [5.41, 5.74) is 0.810. The molecule has 1 fully saturated rings. The highest BCUT2D eigenvalue weighted by Crippen LogP contribution is 2.18. The zero-order chi connectivity index (χ0) is 18.0. The second-order valence-corrected chi connectivity index (χ2v) is 8.90. The Hall–Kier alpha value is -2.00. The highest BCUT2D eigenvalue weighted by molar-refractivity contribution is 9.10. The summed E-state index contributed by atoms with van der Waals surface area (Å²) in [5, 5.41) is 6.66. The molecule has 0 radical (unpaired) electrons. The Kier molecular flexibility index (Phi) is 5.05. The van der Waals surface area contributed by atoms with Gasteiger partial charge < -0.3 is 5.32 Å². The van der Waals surface area contributed by atoms with E-state index in [0.29, 0.717) is 17.7 Å². The Labute approximate surface area is 152 Å². The van der Waals surface area contributed by atoms with Crippen molar-refractivity contribution in [1.82, 2.24) is 15.1 Å². The van der Waals surface area contributed by atoms with Gasteiger partial charge in [0.25, 0.3) is 0 Å². The molecule has 1 saturated heterocycles. The van der Waals surface area contributed by atoms with Gasteiger partial charge in [-0.15, -0.1) is 0 Å². The molecule has 1 N–H and O–H groups in total. The molecular weight excluding hydrogens is 413 g/mol. The van der Waals surface area contributed by atoms with E-state index in [2.05, 4.69) is 26.3 Å². The number of hydrogen-bond acceptors (Lipinski definition) is 4. The van der Waals surface area contributed by atoms with Gasteiger partial charge in [0.2, 0.25) is 5.91 Å². The summed E-state index contributed by atoms with van der Waals surface area (Å²) in [7, 11) is -3.04. The van der Waals surface area contributed by atoms with E-state index >= 15 is 0 Å². The first kappa shape index (κ1) is 17.8. The molecule has 0 aliphatic carbocycles. The van der Waals surface area contributed by atoms with Crippen molar-refractivity contribution in [2.24, 2.45) is 0 Å². The summed E-state index contributed by atoms with van der Waals surface area (Å²) < 4.78 is 39.1. The van der Waals surface area contributed by atoms with Crippen molar-refractivity contribution < 1.29 is 17.6 Å². The summed E-state index contributed by atoms with van der Waals surface area (Å²) in [6.07, 6.45) is 6.36. The summed E-state index contributed by atoms with van der Waals surface area (Å²) >= 11 is 3.25. The maximum Gasteiger partial charge on any atom is 0.244 e. The van der Waals surface area contributed by atoms with Crippen LogP contribution in [0.2, 0.25) is 0 Å². The van der Waals surface area contributed by atoms with Crippen molar-refractivity contribution in [3.05, 3.63) is 52.5 Å². The van der Waals surface area contributed by atoms with Crippen LogP contribution in [0.1, 0.15) is 12.0 Å². The molecule has 1 atom stereocenters. The van der Waals surface area contributed by atoms with Crippen LogP contribution in [-0.4, -0.2) is 41.7 Å². The topological polar surface area (TPSA) is 81.1 Å². The third kappa shape index (κ3) is 4.55.